The van der Waals surface area contributed by atoms with E-state index in [1.807, 2.05) is 4.68 Å². The number of hydrogen-bond acceptors (Lipinski definition) is 4. The van der Waals surface area contributed by atoms with Crippen molar-refractivity contribution in [1.29, 1.82) is 0 Å². The maximum Gasteiger partial charge on any atom is 0.436 e. The first-order valence-electron chi connectivity index (χ1n) is 11.2. The van der Waals surface area contributed by atoms with Gasteiger partial charge >= 0.3 is 6.18 Å². The number of amides is 1. The molecule has 1 N–H and O–H groups in total. The summed E-state index contributed by atoms with van der Waals surface area (Å²) in [5, 5.41) is 10.8. The summed E-state index contributed by atoms with van der Waals surface area (Å²) in [4.78, 5) is 17.6. The van der Waals surface area contributed by atoms with Crippen LogP contribution >= 0.6 is 27.5 Å². The molecular formula is C21H25BrClF3N6O. The number of halogens is 5. The molecule has 0 aromatic carbocycles. The van der Waals surface area contributed by atoms with Crippen molar-refractivity contribution < 1.29 is 18.0 Å². The molecule has 4 fully saturated rings. The minimum absolute atomic E-state index is 0.0476. The molecule has 4 bridgehead atoms. The van der Waals surface area contributed by atoms with Gasteiger partial charge in [0.15, 0.2) is 5.69 Å². The lowest BCUT2D eigenvalue weighted by Crippen LogP contribution is -2.61. The minimum atomic E-state index is -4.59. The maximum atomic E-state index is 13.4. The predicted molar refractivity (Wildman–Crippen MR) is 117 cm³/mol. The number of hydrogen-bond donors (Lipinski definition) is 1. The predicted octanol–water partition coefficient (Wildman–Crippen LogP) is 4.72. The molecule has 0 radical (unpaired) electrons. The van der Waals surface area contributed by atoms with E-state index in [0.29, 0.717) is 29.5 Å². The van der Waals surface area contributed by atoms with Gasteiger partial charge in [-0.1, -0.05) is 11.6 Å². The van der Waals surface area contributed by atoms with Crippen molar-refractivity contribution in [1.82, 2.24) is 29.9 Å². The third-order valence-electron chi connectivity index (χ3n) is 7.70. The van der Waals surface area contributed by atoms with Gasteiger partial charge < -0.3 is 5.32 Å². The maximum absolute atomic E-state index is 13.4. The molecule has 180 valence electrons. The van der Waals surface area contributed by atoms with Crippen LogP contribution in [0.3, 0.4) is 0 Å². The standard InChI is InChI=1S/C21H25BrClF3N6O/c1-12-15(23)16(21(24,25)26)29-31(12)4-2-3-27-17(33)19-6-13-5-14(7-19)9-20(8-13,10-19)32-11-28-18(22)30-32/h11,13-14H,2-10H2,1H3,(H,27,33). The molecule has 7 nitrogen and oxygen atoms in total. The van der Waals surface area contributed by atoms with Crippen LogP contribution in [0.15, 0.2) is 11.1 Å². The summed E-state index contributed by atoms with van der Waals surface area (Å²) < 4.78 is 42.8. The van der Waals surface area contributed by atoms with Gasteiger partial charge in [0.05, 0.1) is 21.7 Å². The van der Waals surface area contributed by atoms with Gasteiger partial charge in [-0.2, -0.15) is 18.3 Å². The highest BCUT2D eigenvalue weighted by molar-refractivity contribution is 9.10. The molecule has 4 saturated carbocycles. The van der Waals surface area contributed by atoms with Crippen LogP contribution in [0.1, 0.15) is 56.3 Å². The van der Waals surface area contributed by atoms with E-state index in [1.165, 1.54) is 11.6 Å². The van der Waals surface area contributed by atoms with Crippen molar-refractivity contribution in [3.05, 3.63) is 27.5 Å². The highest BCUT2D eigenvalue weighted by atomic mass is 79.9. The zero-order valence-corrected chi connectivity index (χ0v) is 20.5. The van der Waals surface area contributed by atoms with Gasteiger partial charge in [-0.3, -0.25) is 9.48 Å². The summed E-state index contributed by atoms with van der Waals surface area (Å²) in [6, 6.07) is 0. The SMILES string of the molecule is Cc1c(Cl)c(C(F)(F)F)nn1CCCNC(=O)C12CC3CC(C1)CC(n1cnc(Br)n1)(C3)C2. The molecule has 2 unspecified atom stereocenters. The Bertz CT molecular complexity index is 1070. The molecule has 1 amide bonds. The van der Waals surface area contributed by atoms with Crippen LogP contribution in [0, 0.1) is 24.2 Å². The minimum Gasteiger partial charge on any atom is -0.356 e. The Labute approximate surface area is 202 Å². The fourth-order valence-corrected chi connectivity index (χ4v) is 7.27. The number of aromatic nitrogens is 5. The number of aryl methyl sites for hydroxylation is 1. The molecule has 2 aromatic rings. The number of carbonyl (C=O) groups is 1. The van der Waals surface area contributed by atoms with Gasteiger partial charge in [-0.15, -0.1) is 5.10 Å². The fourth-order valence-electron chi connectivity index (χ4n) is 6.76. The van der Waals surface area contributed by atoms with Crippen molar-refractivity contribution in [3.8, 4) is 0 Å². The molecule has 12 heteroatoms. The van der Waals surface area contributed by atoms with Crippen LogP contribution in [0.5, 0.6) is 0 Å². The summed E-state index contributed by atoms with van der Waals surface area (Å²) in [7, 11) is 0. The Balaban J connectivity index is 1.24. The fraction of sp³-hybridized carbons (Fsp3) is 0.714. The summed E-state index contributed by atoms with van der Waals surface area (Å²) in [5.74, 6) is 1.04. The third kappa shape index (κ3) is 3.98. The lowest BCUT2D eigenvalue weighted by atomic mass is 9.46. The van der Waals surface area contributed by atoms with E-state index in [9.17, 15) is 18.0 Å². The van der Waals surface area contributed by atoms with Crippen LogP contribution in [0.2, 0.25) is 5.02 Å². The van der Waals surface area contributed by atoms with Gasteiger partial charge in [-0.25, -0.2) is 9.67 Å². The summed E-state index contributed by atoms with van der Waals surface area (Å²) in [5.41, 5.74) is -1.38. The van der Waals surface area contributed by atoms with Crippen LogP contribution in [-0.2, 0) is 23.1 Å². The highest BCUT2D eigenvalue weighted by Crippen LogP contribution is 2.64. The van der Waals surface area contributed by atoms with Gasteiger partial charge in [0.1, 0.15) is 6.33 Å². The van der Waals surface area contributed by atoms with E-state index in [1.54, 1.807) is 6.33 Å². The van der Waals surface area contributed by atoms with E-state index in [0.717, 1.165) is 38.5 Å². The van der Waals surface area contributed by atoms with Gasteiger partial charge in [0, 0.05) is 13.1 Å². The van der Waals surface area contributed by atoms with E-state index in [4.69, 9.17) is 11.6 Å². The van der Waals surface area contributed by atoms with E-state index >= 15 is 0 Å². The van der Waals surface area contributed by atoms with Crippen LogP contribution in [0.25, 0.3) is 0 Å². The molecular weight excluding hydrogens is 525 g/mol. The zero-order chi connectivity index (χ0) is 23.6. The highest BCUT2D eigenvalue weighted by Gasteiger charge is 2.61. The molecule has 2 atom stereocenters. The molecule has 33 heavy (non-hydrogen) atoms. The molecule has 0 spiro atoms. The molecule has 6 rings (SSSR count). The Morgan fingerprint density at radius 2 is 1.97 bits per heavy atom. The molecule has 0 saturated heterocycles. The largest absolute Gasteiger partial charge is 0.436 e. The summed E-state index contributed by atoms with van der Waals surface area (Å²) in [6.45, 7) is 2.13. The second-order valence-corrected chi connectivity index (χ2v) is 11.1. The van der Waals surface area contributed by atoms with Crippen LogP contribution in [0.4, 0.5) is 13.2 Å². The second-order valence-electron chi connectivity index (χ2n) is 10.0. The smallest absolute Gasteiger partial charge is 0.356 e. The lowest BCUT2D eigenvalue weighted by molar-refractivity contribution is -0.156. The van der Waals surface area contributed by atoms with Gasteiger partial charge in [0.2, 0.25) is 10.6 Å². The Morgan fingerprint density at radius 1 is 1.27 bits per heavy atom. The molecule has 0 aliphatic heterocycles. The third-order valence-corrected chi connectivity index (χ3v) is 8.51. The van der Waals surface area contributed by atoms with Crippen molar-refractivity contribution in [2.75, 3.05) is 6.54 Å². The van der Waals surface area contributed by atoms with E-state index in [-0.39, 0.29) is 28.7 Å². The Hall–Kier alpha value is -1.62. The topological polar surface area (TPSA) is 77.6 Å². The van der Waals surface area contributed by atoms with E-state index in [2.05, 4.69) is 36.4 Å². The Kier molecular flexibility index (Phi) is 5.58. The monoisotopic (exact) mass is 548 g/mol. The van der Waals surface area contributed by atoms with Gasteiger partial charge in [0.25, 0.3) is 0 Å². The van der Waals surface area contributed by atoms with Gasteiger partial charge in [-0.05, 0) is 79.6 Å². The van der Waals surface area contributed by atoms with Crippen molar-refractivity contribution in [2.45, 2.75) is 70.1 Å². The van der Waals surface area contributed by atoms with Crippen molar-refractivity contribution >= 4 is 33.4 Å². The van der Waals surface area contributed by atoms with Crippen molar-refractivity contribution in [2.24, 2.45) is 17.3 Å². The first kappa shape index (κ1) is 23.1. The normalized spacial score (nSPS) is 30.7. The van der Waals surface area contributed by atoms with Crippen LogP contribution < -0.4 is 5.32 Å². The number of nitrogens with zero attached hydrogens (tertiary/aromatic N) is 5. The second kappa shape index (κ2) is 7.96. The van der Waals surface area contributed by atoms with Crippen LogP contribution in [-0.4, -0.2) is 37.0 Å². The number of nitrogens with one attached hydrogen (secondary N) is 1. The molecule has 4 aliphatic rings. The van der Waals surface area contributed by atoms with Crippen molar-refractivity contribution in [3.63, 3.8) is 0 Å². The molecule has 2 heterocycles. The first-order valence-corrected chi connectivity index (χ1v) is 12.3. The number of carbonyl (C=O) groups excluding carboxylic acids is 1. The molecule has 4 aliphatic carbocycles. The quantitative estimate of drug-likeness (QED) is 0.529. The first-order chi connectivity index (χ1) is 15.5. The average Bonchev–Trinajstić information content (AvgIpc) is 3.29. The van der Waals surface area contributed by atoms with E-state index < -0.39 is 17.3 Å². The number of alkyl halides is 3. The summed E-state index contributed by atoms with van der Waals surface area (Å²) in [6.07, 6.45) is 3.36. The average molecular weight is 550 g/mol. The molecule has 2 aromatic heterocycles. The lowest BCUT2D eigenvalue weighted by Gasteiger charge is -2.60. The zero-order valence-electron chi connectivity index (χ0n) is 18.1. The Morgan fingerprint density at radius 3 is 2.55 bits per heavy atom. The number of rotatable bonds is 6. The summed E-state index contributed by atoms with van der Waals surface area (Å²) >= 11 is 9.15.